The van der Waals surface area contributed by atoms with Crippen molar-refractivity contribution in [2.24, 2.45) is 11.7 Å². The molecule has 2 nitrogen and oxygen atoms in total. The van der Waals surface area contributed by atoms with E-state index in [0.717, 1.165) is 16.7 Å². The third kappa shape index (κ3) is 5.49. The lowest BCUT2D eigenvalue weighted by Crippen LogP contribution is -2.54. The van der Waals surface area contributed by atoms with Crippen molar-refractivity contribution >= 4 is 40.9 Å². The van der Waals surface area contributed by atoms with Gasteiger partial charge in [-0.05, 0) is 61.7 Å². The van der Waals surface area contributed by atoms with Gasteiger partial charge >= 0.3 is 0 Å². The molecule has 3 N–H and O–H groups in total. The zero-order valence-corrected chi connectivity index (χ0v) is 18.3. The van der Waals surface area contributed by atoms with Crippen LogP contribution in [0.1, 0.15) is 38.8 Å². The fourth-order valence-electron chi connectivity index (χ4n) is 3.14. The lowest BCUT2D eigenvalue weighted by Gasteiger charge is -2.42. The predicted molar refractivity (Wildman–Crippen MR) is 118 cm³/mol. The molecule has 0 aliphatic rings. The number of halogens is 3. The van der Waals surface area contributed by atoms with Gasteiger partial charge in [-0.1, -0.05) is 66.0 Å². The minimum Gasteiger partial charge on any atom is -0.385 e. The van der Waals surface area contributed by atoms with Crippen LogP contribution in [0.4, 0.5) is 0 Å². The summed E-state index contributed by atoms with van der Waals surface area (Å²) in [5, 5.41) is 13.5. The van der Waals surface area contributed by atoms with E-state index in [4.69, 9.17) is 40.5 Å². The Labute approximate surface area is 176 Å². The van der Waals surface area contributed by atoms with Gasteiger partial charge in [-0.25, -0.2) is 0 Å². The van der Waals surface area contributed by atoms with E-state index in [-0.39, 0.29) is 5.92 Å². The van der Waals surface area contributed by atoms with E-state index in [1.165, 1.54) is 0 Å². The average molecular weight is 427 g/mol. The standard InChI is InChI=1S/C22H26Cl3NO/c1-14(11-16-5-8-18(23)9-6-16)22(27,15(2)21(3,4)26)13-17-7-10-19(24)12-20(17)25/h5-12,15,27H,13,26H2,1-4H3. The van der Waals surface area contributed by atoms with Crippen LogP contribution in [0.25, 0.3) is 6.08 Å². The number of hydrogen-bond acceptors (Lipinski definition) is 2. The molecule has 27 heavy (non-hydrogen) atoms. The van der Waals surface area contributed by atoms with Crippen LogP contribution >= 0.6 is 34.8 Å². The molecule has 5 heteroatoms. The average Bonchev–Trinajstić information content (AvgIpc) is 2.57. The molecule has 0 saturated heterocycles. The van der Waals surface area contributed by atoms with Gasteiger partial charge in [0, 0.05) is 32.9 Å². The maximum Gasteiger partial charge on any atom is 0.0940 e. The molecular weight excluding hydrogens is 401 g/mol. The minimum atomic E-state index is -1.19. The molecule has 0 spiro atoms. The van der Waals surface area contributed by atoms with E-state index in [9.17, 15) is 5.11 Å². The number of benzene rings is 2. The first-order valence-corrected chi connectivity index (χ1v) is 9.96. The van der Waals surface area contributed by atoms with Crippen molar-refractivity contribution < 1.29 is 5.11 Å². The van der Waals surface area contributed by atoms with Crippen LogP contribution in [-0.2, 0) is 6.42 Å². The lowest BCUT2D eigenvalue weighted by atomic mass is 9.70. The van der Waals surface area contributed by atoms with Gasteiger partial charge in [0.25, 0.3) is 0 Å². The van der Waals surface area contributed by atoms with Gasteiger partial charge in [0.1, 0.15) is 0 Å². The third-order valence-electron chi connectivity index (χ3n) is 5.24. The summed E-state index contributed by atoms with van der Waals surface area (Å²) in [5.74, 6) is -0.236. The summed E-state index contributed by atoms with van der Waals surface area (Å²) in [4.78, 5) is 0. The van der Waals surface area contributed by atoms with Crippen LogP contribution in [0.5, 0.6) is 0 Å². The Morgan fingerprint density at radius 1 is 1.07 bits per heavy atom. The topological polar surface area (TPSA) is 46.2 Å². The number of hydrogen-bond donors (Lipinski definition) is 2. The lowest BCUT2D eigenvalue weighted by molar-refractivity contribution is -0.00220. The summed E-state index contributed by atoms with van der Waals surface area (Å²) in [6.07, 6.45) is 2.29. The molecular formula is C22H26Cl3NO. The Bertz CT molecular complexity index is 824. The Morgan fingerprint density at radius 2 is 1.63 bits per heavy atom. The molecule has 0 aromatic heterocycles. The second-order valence-corrected chi connectivity index (χ2v) is 9.04. The van der Waals surface area contributed by atoms with Gasteiger partial charge in [-0.3, -0.25) is 0 Å². The zero-order valence-electron chi connectivity index (χ0n) is 16.1. The Kier molecular flexibility index (Phi) is 7.05. The molecule has 0 fully saturated rings. The van der Waals surface area contributed by atoms with Gasteiger partial charge in [-0.2, -0.15) is 0 Å². The first kappa shape index (κ1) is 22.3. The van der Waals surface area contributed by atoms with Crippen molar-refractivity contribution in [3.63, 3.8) is 0 Å². The molecule has 2 rings (SSSR count). The van der Waals surface area contributed by atoms with Crippen molar-refractivity contribution in [1.82, 2.24) is 0 Å². The van der Waals surface area contributed by atoms with Crippen molar-refractivity contribution in [2.45, 2.75) is 45.3 Å². The molecule has 0 radical (unpaired) electrons. The monoisotopic (exact) mass is 425 g/mol. The van der Waals surface area contributed by atoms with Gasteiger partial charge in [0.05, 0.1) is 5.60 Å². The molecule has 0 amide bonds. The molecule has 0 heterocycles. The normalized spacial score (nSPS) is 16.1. The second kappa shape index (κ2) is 8.55. The Hall–Kier alpha value is -1.03. The van der Waals surface area contributed by atoms with E-state index in [2.05, 4.69) is 0 Å². The molecule has 146 valence electrons. The van der Waals surface area contributed by atoms with E-state index in [0.29, 0.717) is 21.5 Å². The van der Waals surface area contributed by atoms with Gasteiger partial charge < -0.3 is 10.8 Å². The summed E-state index contributed by atoms with van der Waals surface area (Å²) in [5.41, 5.74) is 7.18. The molecule has 0 saturated carbocycles. The molecule has 0 aliphatic carbocycles. The van der Waals surface area contributed by atoms with E-state index >= 15 is 0 Å². The van der Waals surface area contributed by atoms with Crippen molar-refractivity contribution in [1.29, 1.82) is 0 Å². The summed E-state index contributed by atoms with van der Waals surface area (Å²) < 4.78 is 0. The third-order valence-corrected chi connectivity index (χ3v) is 6.08. The second-order valence-electron chi connectivity index (χ2n) is 7.76. The minimum absolute atomic E-state index is 0.236. The van der Waals surface area contributed by atoms with Crippen molar-refractivity contribution in [3.8, 4) is 0 Å². The number of aliphatic hydroxyl groups is 1. The predicted octanol–water partition coefficient (Wildman–Crippen LogP) is 6.40. The maximum atomic E-state index is 11.8. The number of rotatable bonds is 6. The quantitative estimate of drug-likeness (QED) is 0.561. The van der Waals surface area contributed by atoms with E-state index < -0.39 is 11.1 Å². The Morgan fingerprint density at radius 3 is 2.15 bits per heavy atom. The highest BCUT2D eigenvalue weighted by atomic mass is 35.5. The SMILES string of the molecule is CC(=Cc1ccc(Cl)cc1)C(O)(Cc1ccc(Cl)cc1Cl)C(C)C(C)(C)N. The summed E-state index contributed by atoms with van der Waals surface area (Å²) in [6, 6.07) is 12.8. The van der Waals surface area contributed by atoms with Gasteiger partial charge in [-0.15, -0.1) is 0 Å². The summed E-state index contributed by atoms with van der Waals surface area (Å²) in [6.45, 7) is 7.72. The van der Waals surface area contributed by atoms with Crippen LogP contribution in [0.2, 0.25) is 15.1 Å². The van der Waals surface area contributed by atoms with Crippen LogP contribution in [0.15, 0.2) is 48.0 Å². The molecule has 2 aromatic carbocycles. The molecule has 2 aromatic rings. The molecule has 2 unspecified atom stereocenters. The van der Waals surface area contributed by atoms with E-state index in [1.807, 2.05) is 64.1 Å². The fraction of sp³-hybridized carbons (Fsp3) is 0.364. The fourth-order valence-corrected chi connectivity index (χ4v) is 3.74. The van der Waals surface area contributed by atoms with Crippen LogP contribution in [-0.4, -0.2) is 16.2 Å². The van der Waals surface area contributed by atoms with Crippen molar-refractivity contribution in [2.75, 3.05) is 0 Å². The van der Waals surface area contributed by atoms with Gasteiger partial charge in [0.2, 0.25) is 0 Å². The Balaban J connectivity index is 2.50. The van der Waals surface area contributed by atoms with Crippen LogP contribution < -0.4 is 5.73 Å². The smallest absolute Gasteiger partial charge is 0.0940 e. The summed E-state index contributed by atoms with van der Waals surface area (Å²) >= 11 is 18.4. The van der Waals surface area contributed by atoms with Crippen molar-refractivity contribution in [3.05, 3.63) is 74.2 Å². The summed E-state index contributed by atoms with van der Waals surface area (Å²) in [7, 11) is 0. The van der Waals surface area contributed by atoms with Crippen LogP contribution in [0.3, 0.4) is 0 Å². The molecule has 0 bridgehead atoms. The highest BCUT2D eigenvalue weighted by molar-refractivity contribution is 6.35. The highest BCUT2D eigenvalue weighted by Crippen LogP contribution is 2.38. The zero-order chi connectivity index (χ0) is 20.4. The molecule has 2 atom stereocenters. The highest BCUT2D eigenvalue weighted by Gasteiger charge is 2.42. The van der Waals surface area contributed by atoms with Gasteiger partial charge in [0.15, 0.2) is 0 Å². The number of nitrogens with two attached hydrogens (primary N) is 1. The first-order valence-electron chi connectivity index (χ1n) is 8.83. The first-order chi connectivity index (χ1) is 12.4. The van der Waals surface area contributed by atoms with E-state index in [1.54, 1.807) is 12.1 Å². The maximum absolute atomic E-state index is 11.8. The van der Waals surface area contributed by atoms with Crippen LogP contribution in [0, 0.1) is 5.92 Å². The molecule has 0 aliphatic heterocycles. The largest absolute Gasteiger partial charge is 0.385 e.